The van der Waals surface area contributed by atoms with Gasteiger partial charge >= 0.3 is 0 Å². The van der Waals surface area contributed by atoms with Gasteiger partial charge in [0.15, 0.2) is 0 Å². The highest BCUT2D eigenvalue weighted by Crippen LogP contribution is 2.23. The van der Waals surface area contributed by atoms with Gasteiger partial charge in [-0.2, -0.15) is 0 Å². The molecule has 1 aromatic heterocycles. The predicted octanol–water partition coefficient (Wildman–Crippen LogP) is 3.67. The molecule has 0 saturated heterocycles. The number of rotatable bonds is 5. The quantitative estimate of drug-likeness (QED) is 0.707. The first-order valence-corrected chi connectivity index (χ1v) is 9.16. The van der Waals surface area contributed by atoms with E-state index in [4.69, 9.17) is 0 Å². The summed E-state index contributed by atoms with van der Waals surface area (Å²) in [7, 11) is 0. The van der Waals surface area contributed by atoms with Crippen molar-refractivity contribution in [3.63, 3.8) is 0 Å². The molecule has 0 N–H and O–H groups in total. The minimum atomic E-state index is 0.0114. The molecule has 0 spiro atoms. The van der Waals surface area contributed by atoms with Gasteiger partial charge in [-0.1, -0.05) is 60.7 Å². The molecule has 0 aliphatic carbocycles. The minimum absolute atomic E-state index is 0.0114. The Morgan fingerprint density at radius 1 is 1.00 bits per heavy atom. The number of carbonyl (C=O) groups is 1. The Hall–Kier alpha value is -2.88. The van der Waals surface area contributed by atoms with Crippen molar-refractivity contribution in [1.82, 2.24) is 14.5 Å². The van der Waals surface area contributed by atoms with Crippen LogP contribution in [0.15, 0.2) is 73.1 Å². The number of aryl methyl sites for hydroxylation is 1. The van der Waals surface area contributed by atoms with Crippen LogP contribution < -0.4 is 0 Å². The first-order chi connectivity index (χ1) is 12.8. The summed E-state index contributed by atoms with van der Waals surface area (Å²) >= 11 is 0. The van der Waals surface area contributed by atoms with E-state index in [-0.39, 0.29) is 11.8 Å². The van der Waals surface area contributed by atoms with E-state index < -0.39 is 0 Å². The van der Waals surface area contributed by atoms with Gasteiger partial charge in [-0.25, -0.2) is 4.98 Å². The summed E-state index contributed by atoms with van der Waals surface area (Å²) in [6.45, 7) is 2.15. The summed E-state index contributed by atoms with van der Waals surface area (Å²) in [5.74, 6) is 1.26. The van der Waals surface area contributed by atoms with Crippen molar-refractivity contribution < 1.29 is 4.79 Å². The van der Waals surface area contributed by atoms with Crippen LogP contribution in [0.2, 0.25) is 0 Å². The largest absolute Gasteiger partial charge is 0.335 e. The molecule has 2 heterocycles. The van der Waals surface area contributed by atoms with E-state index in [9.17, 15) is 4.79 Å². The van der Waals surface area contributed by atoms with Crippen LogP contribution in [-0.2, 0) is 30.8 Å². The van der Waals surface area contributed by atoms with E-state index in [1.54, 1.807) is 0 Å². The lowest BCUT2D eigenvalue weighted by Gasteiger charge is -2.30. The summed E-state index contributed by atoms with van der Waals surface area (Å²) in [5, 5.41) is 0. The summed E-state index contributed by atoms with van der Waals surface area (Å²) < 4.78 is 2.16. The standard InChI is InChI=1S/C22H23N3O/c26-22(20-11-13-24-14-12-23-21(24)15-20)25(16-18-7-3-1-4-8-18)17-19-9-5-2-6-10-19/h1-10,12,14,20H,11,13,15-17H2. The van der Waals surface area contributed by atoms with Crippen molar-refractivity contribution in [1.29, 1.82) is 0 Å². The molecule has 4 rings (SSSR count). The Balaban J connectivity index is 1.54. The lowest BCUT2D eigenvalue weighted by atomic mass is 9.95. The number of nitrogens with zero attached hydrogens (tertiary/aromatic N) is 3. The van der Waals surface area contributed by atoms with E-state index in [0.29, 0.717) is 13.1 Å². The van der Waals surface area contributed by atoms with E-state index in [0.717, 1.165) is 36.3 Å². The maximum atomic E-state index is 13.3. The first kappa shape index (κ1) is 16.6. The Kier molecular flexibility index (Phi) is 4.82. The van der Waals surface area contributed by atoms with E-state index in [1.807, 2.05) is 53.7 Å². The van der Waals surface area contributed by atoms with Gasteiger partial charge in [-0.05, 0) is 17.5 Å². The third-order valence-electron chi connectivity index (χ3n) is 5.04. The second-order valence-corrected chi connectivity index (χ2v) is 6.89. The topological polar surface area (TPSA) is 38.1 Å². The maximum absolute atomic E-state index is 13.3. The third kappa shape index (κ3) is 3.69. The SMILES string of the molecule is O=C(C1CCn2ccnc2C1)N(Cc1ccccc1)Cc1ccccc1. The fourth-order valence-electron chi connectivity index (χ4n) is 3.64. The second kappa shape index (κ2) is 7.56. The van der Waals surface area contributed by atoms with Crippen LogP contribution in [0.3, 0.4) is 0 Å². The van der Waals surface area contributed by atoms with Gasteiger partial charge in [-0.3, -0.25) is 4.79 Å². The molecular weight excluding hydrogens is 322 g/mol. The Bertz CT molecular complexity index is 816. The number of fused-ring (bicyclic) bond motifs is 1. The molecule has 0 fully saturated rings. The number of aromatic nitrogens is 2. The second-order valence-electron chi connectivity index (χ2n) is 6.89. The van der Waals surface area contributed by atoms with Gasteiger partial charge < -0.3 is 9.47 Å². The van der Waals surface area contributed by atoms with Crippen LogP contribution in [0.4, 0.5) is 0 Å². The molecule has 1 unspecified atom stereocenters. The number of amides is 1. The van der Waals surface area contributed by atoms with Crippen molar-refractivity contribution in [3.05, 3.63) is 90.0 Å². The summed E-state index contributed by atoms with van der Waals surface area (Å²) in [5.41, 5.74) is 2.32. The molecule has 1 aliphatic rings. The lowest BCUT2D eigenvalue weighted by Crippen LogP contribution is -2.38. The van der Waals surface area contributed by atoms with E-state index in [2.05, 4.69) is 33.8 Å². The number of hydrogen-bond acceptors (Lipinski definition) is 2. The normalized spacial score (nSPS) is 16.1. The highest BCUT2D eigenvalue weighted by molar-refractivity contribution is 5.79. The van der Waals surface area contributed by atoms with E-state index in [1.165, 1.54) is 0 Å². The molecule has 4 heteroatoms. The zero-order valence-corrected chi connectivity index (χ0v) is 14.8. The Labute approximate surface area is 154 Å². The third-order valence-corrected chi connectivity index (χ3v) is 5.04. The number of benzene rings is 2. The summed E-state index contributed by atoms with van der Waals surface area (Å²) in [6.07, 6.45) is 5.43. The van der Waals surface area contributed by atoms with Crippen LogP contribution in [-0.4, -0.2) is 20.4 Å². The van der Waals surface area contributed by atoms with Gasteiger partial charge in [0, 0.05) is 44.4 Å². The van der Waals surface area contributed by atoms with Crippen molar-refractivity contribution in [2.75, 3.05) is 0 Å². The molecule has 4 nitrogen and oxygen atoms in total. The number of carbonyl (C=O) groups excluding carboxylic acids is 1. The fraction of sp³-hybridized carbons (Fsp3) is 0.273. The minimum Gasteiger partial charge on any atom is -0.335 e. The molecule has 1 aliphatic heterocycles. The van der Waals surface area contributed by atoms with Crippen molar-refractivity contribution in [2.45, 2.75) is 32.5 Å². The van der Waals surface area contributed by atoms with Crippen LogP contribution in [0.1, 0.15) is 23.4 Å². The first-order valence-electron chi connectivity index (χ1n) is 9.16. The zero-order chi connectivity index (χ0) is 17.8. The van der Waals surface area contributed by atoms with E-state index >= 15 is 0 Å². The summed E-state index contributed by atoms with van der Waals surface area (Å²) in [6, 6.07) is 20.4. The Morgan fingerprint density at radius 3 is 2.23 bits per heavy atom. The number of imidazole rings is 1. The Morgan fingerprint density at radius 2 is 1.62 bits per heavy atom. The molecule has 26 heavy (non-hydrogen) atoms. The summed E-state index contributed by atoms with van der Waals surface area (Å²) in [4.78, 5) is 19.7. The molecule has 2 aromatic carbocycles. The highest BCUT2D eigenvalue weighted by Gasteiger charge is 2.29. The molecule has 0 saturated carbocycles. The van der Waals surface area contributed by atoms with Crippen LogP contribution in [0.25, 0.3) is 0 Å². The van der Waals surface area contributed by atoms with Crippen molar-refractivity contribution in [2.24, 2.45) is 5.92 Å². The van der Waals surface area contributed by atoms with Gasteiger partial charge in [0.05, 0.1) is 0 Å². The van der Waals surface area contributed by atoms with Crippen molar-refractivity contribution in [3.8, 4) is 0 Å². The average Bonchev–Trinajstić information content (AvgIpc) is 3.16. The molecule has 132 valence electrons. The van der Waals surface area contributed by atoms with Crippen LogP contribution in [0.5, 0.6) is 0 Å². The van der Waals surface area contributed by atoms with Gasteiger partial charge in [0.25, 0.3) is 0 Å². The molecule has 0 radical (unpaired) electrons. The van der Waals surface area contributed by atoms with Crippen LogP contribution >= 0.6 is 0 Å². The smallest absolute Gasteiger partial charge is 0.226 e. The lowest BCUT2D eigenvalue weighted by molar-refractivity contribution is -0.137. The highest BCUT2D eigenvalue weighted by atomic mass is 16.2. The molecular formula is C22H23N3O. The van der Waals surface area contributed by atoms with Crippen molar-refractivity contribution >= 4 is 5.91 Å². The van der Waals surface area contributed by atoms with Gasteiger partial charge in [0.1, 0.15) is 5.82 Å². The fourth-order valence-corrected chi connectivity index (χ4v) is 3.64. The molecule has 1 amide bonds. The molecule has 1 atom stereocenters. The molecule has 3 aromatic rings. The average molecular weight is 345 g/mol. The monoisotopic (exact) mass is 345 g/mol. The maximum Gasteiger partial charge on any atom is 0.226 e. The predicted molar refractivity (Wildman–Crippen MR) is 101 cm³/mol. The van der Waals surface area contributed by atoms with Gasteiger partial charge in [-0.15, -0.1) is 0 Å². The van der Waals surface area contributed by atoms with Crippen LogP contribution in [0, 0.1) is 5.92 Å². The number of hydrogen-bond donors (Lipinski definition) is 0. The zero-order valence-electron chi connectivity index (χ0n) is 14.8. The molecule has 0 bridgehead atoms. The van der Waals surface area contributed by atoms with Gasteiger partial charge in [0.2, 0.25) is 5.91 Å².